The molecule has 0 saturated carbocycles. The molecule has 4 aromatic rings. The molecule has 0 bridgehead atoms. The lowest BCUT2D eigenvalue weighted by molar-refractivity contribution is 0.0951. The Morgan fingerprint density at radius 2 is 1.76 bits per heavy atom. The van der Waals surface area contributed by atoms with E-state index in [1.54, 1.807) is 31.4 Å². The highest BCUT2D eigenvalue weighted by Gasteiger charge is 2.18. The van der Waals surface area contributed by atoms with Gasteiger partial charge in [-0.05, 0) is 54.4 Å². The second kappa shape index (κ2) is 10.1. The van der Waals surface area contributed by atoms with E-state index in [1.165, 1.54) is 11.5 Å². The number of amides is 2. The maximum atomic E-state index is 12.9. The minimum atomic E-state index is -0.357. The molecule has 1 aromatic heterocycles. The summed E-state index contributed by atoms with van der Waals surface area (Å²) in [7, 11) is 1.57. The highest BCUT2D eigenvalue weighted by molar-refractivity contribution is 7.13. The van der Waals surface area contributed by atoms with E-state index in [0.717, 1.165) is 15.6 Å². The lowest BCUT2D eigenvalue weighted by atomic mass is 10.1. The average molecular weight is 462 g/mol. The van der Waals surface area contributed by atoms with Gasteiger partial charge in [-0.3, -0.25) is 9.59 Å². The third kappa shape index (κ3) is 4.96. The van der Waals surface area contributed by atoms with Gasteiger partial charge in [-0.1, -0.05) is 36.4 Å². The highest BCUT2D eigenvalue weighted by Crippen LogP contribution is 2.28. The summed E-state index contributed by atoms with van der Waals surface area (Å²) in [5, 5.41) is 6.51. The van der Waals surface area contributed by atoms with Crippen LogP contribution >= 0.6 is 11.5 Å². The maximum Gasteiger partial charge on any atom is 0.276 e. The lowest BCUT2D eigenvalue weighted by Crippen LogP contribution is -2.25. The normalized spacial score (nSPS) is 10.6. The number of para-hydroxylation sites is 1. The highest BCUT2D eigenvalue weighted by atomic mass is 32.1. The van der Waals surface area contributed by atoms with Crippen molar-refractivity contribution < 1.29 is 19.1 Å². The van der Waals surface area contributed by atoms with Crippen molar-refractivity contribution in [3.8, 4) is 11.5 Å². The van der Waals surface area contributed by atoms with E-state index < -0.39 is 0 Å². The van der Waals surface area contributed by atoms with Gasteiger partial charge in [0.05, 0.1) is 29.7 Å². The van der Waals surface area contributed by atoms with Gasteiger partial charge in [0, 0.05) is 11.9 Å². The zero-order valence-electron chi connectivity index (χ0n) is 18.3. The van der Waals surface area contributed by atoms with Crippen LogP contribution in [0.25, 0.3) is 10.1 Å². The summed E-state index contributed by atoms with van der Waals surface area (Å²) in [6.07, 6.45) is 0. The van der Waals surface area contributed by atoms with E-state index in [-0.39, 0.29) is 11.8 Å². The smallest absolute Gasteiger partial charge is 0.276 e. The molecule has 8 heteroatoms. The minimum absolute atomic E-state index is 0.292. The van der Waals surface area contributed by atoms with Crippen molar-refractivity contribution in [1.29, 1.82) is 0 Å². The molecule has 7 nitrogen and oxygen atoms in total. The topological polar surface area (TPSA) is 89.6 Å². The number of methoxy groups -OCH3 is 1. The van der Waals surface area contributed by atoms with Gasteiger partial charge in [0.2, 0.25) is 0 Å². The van der Waals surface area contributed by atoms with Gasteiger partial charge in [0.15, 0.2) is 11.5 Å². The first-order valence-corrected chi connectivity index (χ1v) is 11.2. The number of aromatic nitrogens is 1. The lowest BCUT2D eigenvalue weighted by Gasteiger charge is -2.13. The molecular weight excluding hydrogens is 438 g/mol. The van der Waals surface area contributed by atoms with E-state index in [9.17, 15) is 9.59 Å². The quantitative estimate of drug-likeness (QED) is 0.390. The molecule has 3 aromatic carbocycles. The Balaban J connectivity index is 1.48. The number of nitrogens with one attached hydrogen (secondary N) is 2. The van der Waals surface area contributed by atoms with Crippen molar-refractivity contribution in [3.05, 3.63) is 83.6 Å². The number of fused-ring (bicyclic) bond motifs is 1. The van der Waals surface area contributed by atoms with Crippen LogP contribution in [0.4, 0.5) is 5.69 Å². The van der Waals surface area contributed by atoms with Crippen molar-refractivity contribution in [3.63, 3.8) is 0 Å². The molecule has 0 aliphatic heterocycles. The second-order valence-electron chi connectivity index (χ2n) is 7.13. The molecule has 1 heterocycles. The molecule has 0 aliphatic rings. The fourth-order valence-electron chi connectivity index (χ4n) is 3.40. The van der Waals surface area contributed by atoms with E-state index in [0.29, 0.717) is 41.6 Å². The number of nitrogens with zero attached hydrogens (tertiary/aromatic N) is 1. The van der Waals surface area contributed by atoms with E-state index in [4.69, 9.17) is 9.47 Å². The summed E-state index contributed by atoms with van der Waals surface area (Å²) in [6, 6.07) is 19.9. The first-order chi connectivity index (χ1) is 16.1. The number of anilines is 1. The Morgan fingerprint density at radius 3 is 2.58 bits per heavy atom. The van der Waals surface area contributed by atoms with Crippen LogP contribution in [-0.4, -0.2) is 29.9 Å². The Hall–Kier alpha value is -3.91. The summed E-state index contributed by atoms with van der Waals surface area (Å²) >= 11 is 1.27. The molecule has 168 valence electrons. The van der Waals surface area contributed by atoms with Crippen LogP contribution in [-0.2, 0) is 6.54 Å². The molecule has 0 spiro atoms. The van der Waals surface area contributed by atoms with Gasteiger partial charge in [-0.25, -0.2) is 0 Å². The Bertz CT molecular complexity index is 1300. The van der Waals surface area contributed by atoms with Gasteiger partial charge in [-0.15, -0.1) is 0 Å². The Morgan fingerprint density at radius 1 is 0.970 bits per heavy atom. The van der Waals surface area contributed by atoms with E-state index >= 15 is 0 Å². The van der Waals surface area contributed by atoms with Crippen LogP contribution in [0.15, 0.2) is 66.7 Å². The number of rotatable bonds is 8. The summed E-state index contributed by atoms with van der Waals surface area (Å²) in [4.78, 5) is 25.8. The molecule has 0 radical (unpaired) electrons. The minimum Gasteiger partial charge on any atom is -0.493 e. The van der Waals surface area contributed by atoms with E-state index in [2.05, 4.69) is 15.0 Å². The largest absolute Gasteiger partial charge is 0.493 e. The summed E-state index contributed by atoms with van der Waals surface area (Å²) in [5.41, 5.74) is 1.98. The molecule has 0 saturated heterocycles. The fraction of sp³-hybridized carbons (Fsp3) is 0.160. The molecular formula is C25H23N3O4S. The maximum absolute atomic E-state index is 12.9. The molecule has 0 atom stereocenters. The average Bonchev–Trinajstić information content (AvgIpc) is 3.28. The number of hydrogen-bond donors (Lipinski definition) is 2. The van der Waals surface area contributed by atoms with Crippen LogP contribution in [0.1, 0.15) is 33.3 Å². The summed E-state index contributed by atoms with van der Waals surface area (Å²) in [6.45, 7) is 2.73. The molecule has 2 amide bonds. The van der Waals surface area contributed by atoms with Gasteiger partial charge in [0.25, 0.3) is 11.8 Å². The molecule has 0 fully saturated rings. The standard InChI is InChI=1S/C25H23N3O4S/c1-3-32-20-13-12-16(14-21(20)31-2)15-26-24(29)17-8-4-6-10-19(17)27-25(30)23-18-9-5-7-11-22(18)33-28-23/h4-14H,3,15H2,1-2H3,(H,26,29)(H,27,30). The van der Waals surface area contributed by atoms with Crippen LogP contribution in [0.2, 0.25) is 0 Å². The summed E-state index contributed by atoms with van der Waals surface area (Å²) in [5.74, 6) is 0.593. The van der Waals surface area contributed by atoms with Gasteiger partial charge in [-0.2, -0.15) is 4.37 Å². The number of hydrogen-bond acceptors (Lipinski definition) is 6. The van der Waals surface area contributed by atoms with E-state index in [1.807, 2.05) is 49.4 Å². The molecule has 33 heavy (non-hydrogen) atoms. The van der Waals surface area contributed by atoms with Crippen molar-refractivity contribution in [2.24, 2.45) is 0 Å². The third-order valence-corrected chi connectivity index (χ3v) is 5.82. The van der Waals surface area contributed by atoms with Crippen LogP contribution in [0.5, 0.6) is 11.5 Å². The fourth-order valence-corrected chi connectivity index (χ4v) is 4.17. The predicted octanol–water partition coefficient (Wildman–Crippen LogP) is 4.89. The first kappa shape index (κ1) is 22.3. The van der Waals surface area contributed by atoms with Crippen LogP contribution in [0.3, 0.4) is 0 Å². The number of benzene rings is 3. The second-order valence-corrected chi connectivity index (χ2v) is 7.93. The SMILES string of the molecule is CCOc1ccc(CNC(=O)c2ccccc2NC(=O)c2nsc3ccccc23)cc1OC. The van der Waals surface area contributed by atoms with Crippen molar-refractivity contribution in [2.45, 2.75) is 13.5 Å². The summed E-state index contributed by atoms with van der Waals surface area (Å²) < 4.78 is 16.1. The molecule has 2 N–H and O–H groups in total. The molecule has 0 unspecified atom stereocenters. The van der Waals surface area contributed by atoms with Crippen molar-refractivity contribution in [2.75, 3.05) is 19.0 Å². The monoisotopic (exact) mass is 461 g/mol. The van der Waals surface area contributed by atoms with Gasteiger partial charge >= 0.3 is 0 Å². The first-order valence-electron chi connectivity index (χ1n) is 10.4. The Kier molecular flexibility index (Phi) is 6.85. The number of carbonyl (C=O) groups excluding carboxylic acids is 2. The zero-order chi connectivity index (χ0) is 23.2. The van der Waals surface area contributed by atoms with Crippen molar-refractivity contribution in [1.82, 2.24) is 9.69 Å². The van der Waals surface area contributed by atoms with Crippen LogP contribution < -0.4 is 20.1 Å². The predicted molar refractivity (Wildman–Crippen MR) is 129 cm³/mol. The van der Waals surface area contributed by atoms with Gasteiger partial charge < -0.3 is 20.1 Å². The molecule has 4 rings (SSSR count). The number of carbonyl (C=O) groups is 2. The molecule has 0 aliphatic carbocycles. The third-order valence-electron chi connectivity index (χ3n) is 4.99. The van der Waals surface area contributed by atoms with Crippen molar-refractivity contribution >= 4 is 39.1 Å². The van der Waals surface area contributed by atoms with Gasteiger partial charge in [0.1, 0.15) is 5.69 Å². The van der Waals surface area contributed by atoms with Crippen LogP contribution in [0, 0.1) is 0 Å². The number of ether oxygens (including phenoxy) is 2. The Labute approximate surface area is 195 Å². The zero-order valence-corrected chi connectivity index (χ0v) is 19.1.